The molecule has 0 aliphatic carbocycles. The van der Waals surface area contributed by atoms with Crippen molar-refractivity contribution in [3.8, 4) is 0 Å². The molecule has 0 bridgehead atoms. The van der Waals surface area contributed by atoms with Crippen LogP contribution in [0.3, 0.4) is 0 Å². The Morgan fingerprint density at radius 2 is 2.00 bits per heavy atom. The molecule has 0 aliphatic heterocycles. The molecule has 1 rings (SSSR count). The first-order chi connectivity index (χ1) is 8.36. The zero-order valence-corrected chi connectivity index (χ0v) is 11.7. The van der Waals surface area contributed by atoms with Crippen LogP contribution in [0.4, 0.5) is 5.13 Å². The molecule has 1 heterocycles. The Bertz CT molecular complexity index is 291. The number of unbranched alkanes of at least 4 members (excludes halogenated alkanes) is 1. The summed E-state index contributed by atoms with van der Waals surface area (Å²) >= 11 is 1.45. The van der Waals surface area contributed by atoms with Crippen molar-refractivity contribution in [2.75, 3.05) is 25.1 Å². The van der Waals surface area contributed by atoms with Crippen molar-refractivity contribution >= 4 is 16.7 Å². The Balaban J connectivity index is 2.01. The molecule has 1 N–H and O–H groups in total. The van der Waals surface area contributed by atoms with Gasteiger partial charge in [0.05, 0.1) is 0 Å². The fourth-order valence-electron chi connectivity index (χ4n) is 1.37. The molecule has 4 nitrogen and oxygen atoms in total. The predicted octanol–water partition coefficient (Wildman–Crippen LogP) is 3.11. The lowest BCUT2D eigenvalue weighted by Gasteiger charge is -2.03. The molecule has 0 fully saturated rings. The summed E-state index contributed by atoms with van der Waals surface area (Å²) in [6.07, 6.45) is 5.44. The van der Waals surface area contributed by atoms with Gasteiger partial charge in [-0.1, -0.05) is 20.3 Å². The smallest absolute Gasteiger partial charge is 0.202 e. The van der Waals surface area contributed by atoms with E-state index in [2.05, 4.69) is 28.5 Å². The lowest BCUT2D eigenvalue weighted by molar-refractivity contribution is 0.131. The molecule has 0 aliphatic rings. The molecule has 98 valence electrons. The van der Waals surface area contributed by atoms with E-state index in [1.807, 2.05) is 0 Å². The van der Waals surface area contributed by atoms with Gasteiger partial charge in [0.1, 0.15) is 5.82 Å². The molecule has 0 aromatic carbocycles. The Morgan fingerprint density at radius 1 is 1.18 bits per heavy atom. The lowest BCUT2D eigenvalue weighted by Crippen LogP contribution is -2.06. The Hall–Kier alpha value is -0.680. The van der Waals surface area contributed by atoms with Crippen LogP contribution in [-0.2, 0) is 11.2 Å². The largest absolute Gasteiger partial charge is 0.381 e. The number of aryl methyl sites for hydroxylation is 1. The van der Waals surface area contributed by atoms with E-state index in [1.165, 1.54) is 18.0 Å². The van der Waals surface area contributed by atoms with E-state index in [-0.39, 0.29) is 0 Å². The highest BCUT2D eigenvalue weighted by Crippen LogP contribution is 2.11. The summed E-state index contributed by atoms with van der Waals surface area (Å²) < 4.78 is 9.77. The predicted molar refractivity (Wildman–Crippen MR) is 72.7 cm³/mol. The SMILES string of the molecule is CCCCOCCCNc1nc(CCC)ns1. The maximum absolute atomic E-state index is 5.48. The highest BCUT2D eigenvalue weighted by atomic mass is 32.1. The number of nitrogens with zero attached hydrogens (tertiary/aromatic N) is 2. The third-order valence-electron chi connectivity index (χ3n) is 2.33. The van der Waals surface area contributed by atoms with Gasteiger partial charge in [-0.05, 0) is 19.3 Å². The molecule has 0 unspecified atom stereocenters. The van der Waals surface area contributed by atoms with Crippen LogP contribution in [0.1, 0.15) is 45.4 Å². The van der Waals surface area contributed by atoms with Gasteiger partial charge >= 0.3 is 0 Å². The van der Waals surface area contributed by atoms with E-state index in [0.29, 0.717) is 0 Å². The van der Waals surface area contributed by atoms with Gasteiger partial charge in [-0.15, -0.1) is 0 Å². The molecule has 0 atom stereocenters. The number of hydrogen-bond acceptors (Lipinski definition) is 5. The van der Waals surface area contributed by atoms with Crippen molar-refractivity contribution in [3.05, 3.63) is 5.82 Å². The van der Waals surface area contributed by atoms with E-state index < -0.39 is 0 Å². The van der Waals surface area contributed by atoms with Crippen LogP contribution >= 0.6 is 11.5 Å². The van der Waals surface area contributed by atoms with Gasteiger partial charge in [-0.25, -0.2) is 4.98 Å². The number of hydrogen-bond donors (Lipinski definition) is 1. The second kappa shape index (κ2) is 9.36. The minimum Gasteiger partial charge on any atom is -0.381 e. The molecule has 1 aromatic heterocycles. The molecule has 1 aromatic rings. The minimum atomic E-state index is 0.827. The maximum atomic E-state index is 5.48. The summed E-state index contributed by atoms with van der Waals surface area (Å²) in [5.74, 6) is 0.958. The zero-order chi connectivity index (χ0) is 12.3. The lowest BCUT2D eigenvalue weighted by atomic mass is 10.3. The highest BCUT2D eigenvalue weighted by Gasteiger charge is 2.01. The average Bonchev–Trinajstić information content (AvgIpc) is 2.76. The van der Waals surface area contributed by atoms with Crippen molar-refractivity contribution in [1.29, 1.82) is 0 Å². The Labute approximate surface area is 108 Å². The van der Waals surface area contributed by atoms with Crippen LogP contribution in [0.15, 0.2) is 0 Å². The van der Waals surface area contributed by atoms with Crippen molar-refractivity contribution in [2.24, 2.45) is 0 Å². The molecule has 5 heteroatoms. The van der Waals surface area contributed by atoms with E-state index in [0.717, 1.165) is 56.4 Å². The highest BCUT2D eigenvalue weighted by molar-refractivity contribution is 7.09. The van der Waals surface area contributed by atoms with Gasteiger partial charge in [-0.3, -0.25) is 0 Å². The fourth-order valence-corrected chi connectivity index (χ4v) is 2.01. The first-order valence-corrected chi connectivity index (χ1v) is 7.28. The number of nitrogens with one attached hydrogen (secondary N) is 1. The number of rotatable bonds is 10. The van der Waals surface area contributed by atoms with E-state index in [1.54, 1.807) is 0 Å². The fraction of sp³-hybridized carbons (Fsp3) is 0.833. The van der Waals surface area contributed by atoms with Crippen LogP contribution in [0.25, 0.3) is 0 Å². The van der Waals surface area contributed by atoms with Gasteiger partial charge in [0.25, 0.3) is 0 Å². The second-order valence-electron chi connectivity index (χ2n) is 4.01. The van der Waals surface area contributed by atoms with E-state index in [9.17, 15) is 0 Å². The van der Waals surface area contributed by atoms with Crippen LogP contribution in [0.2, 0.25) is 0 Å². The molecule has 0 spiro atoms. The van der Waals surface area contributed by atoms with Gasteiger partial charge in [-0.2, -0.15) is 4.37 Å². The third-order valence-corrected chi connectivity index (χ3v) is 3.04. The van der Waals surface area contributed by atoms with Crippen molar-refractivity contribution < 1.29 is 4.74 Å². The van der Waals surface area contributed by atoms with Crippen LogP contribution in [0, 0.1) is 0 Å². The molecule has 17 heavy (non-hydrogen) atoms. The van der Waals surface area contributed by atoms with Crippen LogP contribution in [0.5, 0.6) is 0 Å². The molecular formula is C12H23N3OS. The third kappa shape index (κ3) is 6.58. The molecule has 0 amide bonds. The number of ether oxygens (including phenoxy) is 1. The van der Waals surface area contributed by atoms with Gasteiger partial charge < -0.3 is 10.1 Å². The van der Waals surface area contributed by atoms with Gasteiger partial charge in [0, 0.05) is 37.7 Å². The van der Waals surface area contributed by atoms with Crippen molar-refractivity contribution in [3.63, 3.8) is 0 Å². The standard InChI is InChI=1S/C12H23N3OS/c1-3-5-9-16-10-6-8-13-12-14-11(7-4-2)15-17-12/h3-10H2,1-2H3,(H,13,14,15). The minimum absolute atomic E-state index is 0.827. The van der Waals surface area contributed by atoms with Crippen LogP contribution < -0.4 is 5.32 Å². The summed E-state index contributed by atoms with van der Waals surface area (Å²) in [7, 11) is 0. The molecule has 0 saturated carbocycles. The normalized spacial score (nSPS) is 10.7. The summed E-state index contributed by atoms with van der Waals surface area (Å²) in [5.41, 5.74) is 0. The van der Waals surface area contributed by atoms with E-state index in [4.69, 9.17) is 4.74 Å². The zero-order valence-electron chi connectivity index (χ0n) is 10.9. The second-order valence-corrected chi connectivity index (χ2v) is 4.76. The van der Waals surface area contributed by atoms with Crippen molar-refractivity contribution in [2.45, 2.75) is 46.0 Å². The summed E-state index contributed by atoms with van der Waals surface area (Å²) in [4.78, 5) is 4.40. The maximum Gasteiger partial charge on any atom is 0.202 e. The van der Waals surface area contributed by atoms with Crippen molar-refractivity contribution in [1.82, 2.24) is 9.36 Å². The monoisotopic (exact) mass is 257 g/mol. The van der Waals surface area contributed by atoms with E-state index >= 15 is 0 Å². The molecule has 0 saturated heterocycles. The average molecular weight is 257 g/mol. The summed E-state index contributed by atoms with van der Waals surface area (Å²) in [6.45, 7) is 6.94. The first-order valence-electron chi connectivity index (χ1n) is 6.51. The number of anilines is 1. The molecule has 0 radical (unpaired) electrons. The topological polar surface area (TPSA) is 47.0 Å². The quantitative estimate of drug-likeness (QED) is 0.654. The summed E-state index contributed by atoms with van der Waals surface area (Å²) in [6, 6.07) is 0. The first kappa shape index (κ1) is 14.4. The van der Waals surface area contributed by atoms with Gasteiger partial charge in [0.15, 0.2) is 0 Å². The Morgan fingerprint density at radius 3 is 2.76 bits per heavy atom. The Kier molecular flexibility index (Phi) is 7.92. The van der Waals surface area contributed by atoms with Crippen LogP contribution in [-0.4, -0.2) is 29.1 Å². The molecular weight excluding hydrogens is 234 g/mol. The van der Waals surface area contributed by atoms with Gasteiger partial charge in [0.2, 0.25) is 5.13 Å². The number of aromatic nitrogens is 2. The summed E-state index contributed by atoms with van der Waals surface area (Å²) in [5, 5.41) is 4.21.